The molecule has 4 atom stereocenters. The van der Waals surface area contributed by atoms with Gasteiger partial charge in [0.2, 0.25) is 5.91 Å². The summed E-state index contributed by atoms with van der Waals surface area (Å²) in [6.45, 7) is 4.11. The van der Waals surface area contributed by atoms with Crippen molar-refractivity contribution in [2.75, 3.05) is 0 Å². The van der Waals surface area contributed by atoms with Crippen LogP contribution in [0.2, 0.25) is 5.02 Å². The zero-order chi connectivity index (χ0) is 22.6. The number of aromatic nitrogens is 4. The van der Waals surface area contributed by atoms with Gasteiger partial charge in [-0.1, -0.05) is 25.4 Å². The van der Waals surface area contributed by atoms with Crippen LogP contribution in [0.3, 0.4) is 0 Å². The number of piperidine rings is 1. The van der Waals surface area contributed by atoms with E-state index in [1.54, 1.807) is 23.1 Å². The van der Waals surface area contributed by atoms with Gasteiger partial charge in [-0.15, -0.1) is 5.10 Å². The van der Waals surface area contributed by atoms with Crippen LogP contribution in [0.1, 0.15) is 45.1 Å². The van der Waals surface area contributed by atoms with Crippen molar-refractivity contribution in [1.82, 2.24) is 30.4 Å². The Morgan fingerprint density at radius 1 is 1.31 bits per heavy atom. The summed E-state index contributed by atoms with van der Waals surface area (Å²) >= 11 is 6.16. The summed E-state index contributed by atoms with van der Waals surface area (Å²) in [7, 11) is 0. The van der Waals surface area contributed by atoms with E-state index in [0.29, 0.717) is 29.0 Å². The number of aliphatic hydroxyl groups excluding tert-OH is 1. The number of halogens is 1. The normalized spacial score (nSPS) is 25.4. The minimum absolute atomic E-state index is 0.0610. The lowest BCUT2D eigenvalue weighted by molar-refractivity contribution is -0.152. The standard InChI is InChI=1S/C22H27ClN6O3/c1-22(2,14-3-4-14)19(30)21(32)29-17-8-12(17)9-18(29)20(31)24-10-13-7-15(23)5-6-16(13)28-11-25-26-27-28/h5-7,11-12,14,17-19,30H,3-4,8-10H2,1-2H3,(H,24,31)/t12-,17-,18+,19?/m1/s1. The summed E-state index contributed by atoms with van der Waals surface area (Å²) in [5.41, 5.74) is 0.990. The van der Waals surface area contributed by atoms with E-state index in [9.17, 15) is 14.7 Å². The van der Waals surface area contributed by atoms with E-state index < -0.39 is 17.6 Å². The fourth-order valence-corrected chi connectivity index (χ4v) is 5.20. The van der Waals surface area contributed by atoms with Crippen molar-refractivity contribution in [3.8, 4) is 5.69 Å². The molecule has 0 radical (unpaired) electrons. The zero-order valence-electron chi connectivity index (χ0n) is 18.1. The molecule has 2 amide bonds. The average molecular weight is 459 g/mol. The van der Waals surface area contributed by atoms with E-state index in [0.717, 1.165) is 24.8 Å². The molecule has 2 aliphatic carbocycles. The van der Waals surface area contributed by atoms with Gasteiger partial charge >= 0.3 is 0 Å². The highest BCUT2D eigenvalue weighted by Crippen LogP contribution is 2.51. The molecule has 9 nitrogen and oxygen atoms in total. The fourth-order valence-electron chi connectivity index (χ4n) is 5.01. The van der Waals surface area contributed by atoms with Crippen LogP contribution >= 0.6 is 11.6 Å². The third kappa shape index (κ3) is 3.77. The number of nitrogens with zero attached hydrogens (tertiary/aromatic N) is 5. The van der Waals surface area contributed by atoms with Crippen LogP contribution in [0, 0.1) is 17.3 Å². The molecule has 3 aliphatic rings. The maximum atomic E-state index is 13.3. The largest absolute Gasteiger partial charge is 0.383 e. The molecule has 2 saturated carbocycles. The van der Waals surface area contributed by atoms with Crippen molar-refractivity contribution in [3.05, 3.63) is 35.1 Å². The highest BCUT2D eigenvalue weighted by atomic mass is 35.5. The Hall–Kier alpha value is -2.52. The number of tetrazole rings is 1. The van der Waals surface area contributed by atoms with Crippen LogP contribution in [0.5, 0.6) is 0 Å². The first-order valence-corrected chi connectivity index (χ1v) is 11.4. The van der Waals surface area contributed by atoms with Crippen LogP contribution in [-0.4, -0.2) is 60.2 Å². The van der Waals surface area contributed by atoms with E-state index >= 15 is 0 Å². The maximum absolute atomic E-state index is 13.3. The maximum Gasteiger partial charge on any atom is 0.252 e. The first-order valence-electron chi connectivity index (χ1n) is 11.1. The van der Waals surface area contributed by atoms with Crippen LogP contribution in [0.15, 0.2) is 24.5 Å². The van der Waals surface area contributed by atoms with E-state index in [1.807, 2.05) is 13.8 Å². The SMILES string of the molecule is CC(C)(C1CC1)C(O)C(=O)N1[C@@H]2C[C@@H]2C[C@H]1C(=O)NCc1cc(Cl)ccc1-n1cnnn1. The predicted octanol–water partition coefficient (Wildman–Crippen LogP) is 1.72. The number of aliphatic hydroxyl groups is 1. The number of hydrogen-bond acceptors (Lipinski definition) is 6. The van der Waals surface area contributed by atoms with E-state index in [4.69, 9.17) is 11.6 Å². The molecule has 0 spiro atoms. The first-order chi connectivity index (χ1) is 15.3. The zero-order valence-corrected chi connectivity index (χ0v) is 18.9. The smallest absolute Gasteiger partial charge is 0.252 e. The highest BCUT2D eigenvalue weighted by Gasteiger charge is 2.58. The number of rotatable bonds is 7. The van der Waals surface area contributed by atoms with Gasteiger partial charge in [0.05, 0.1) is 5.69 Å². The van der Waals surface area contributed by atoms with Crippen molar-refractivity contribution in [1.29, 1.82) is 0 Å². The molecule has 2 heterocycles. The third-order valence-electron chi connectivity index (χ3n) is 7.32. The number of carbonyl (C=O) groups is 2. The number of hydrogen-bond donors (Lipinski definition) is 2. The summed E-state index contributed by atoms with van der Waals surface area (Å²) < 4.78 is 1.51. The quantitative estimate of drug-likeness (QED) is 0.653. The highest BCUT2D eigenvalue weighted by molar-refractivity contribution is 6.30. The molecule has 0 bridgehead atoms. The summed E-state index contributed by atoms with van der Waals surface area (Å²) in [5, 5.41) is 25.6. The van der Waals surface area contributed by atoms with Crippen molar-refractivity contribution >= 4 is 23.4 Å². The van der Waals surface area contributed by atoms with Crippen LogP contribution in [0.25, 0.3) is 5.69 Å². The fraction of sp³-hybridized carbons (Fsp3) is 0.591. The van der Waals surface area contributed by atoms with Gasteiger partial charge in [-0.05, 0) is 71.7 Å². The first kappa shape index (κ1) is 21.3. The van der Waals surface area contributed by atoms with Gasteiger partial charge in [0, 0.05) is 23.0 Å². The van der Waals surface area contributed by atoms with Gasteiger partial charge in [-0.2, -0.15) is 0 Å². The molecule has 1 aliphatic heterocycles. The molecule has 2 aromatic rings. The molecule has 5 rings (SSSR count). The molecular weight excluding hydrogens is 432 g/mol. The van der Waals surface area contributed by atoms with E-state index in [1.165, 1.54) is 11.0 Å². The lowest BCUT2D eigenvalue weighted by Crippen LogP contribution is -2.54. The van der Waals surface area contributed by atoms with Crippen molar-refractivity contribution in [2.45, 2.75) is 64.3 Å². The van der Waals surface area contributed by atoms with Gasteiger partial charge in [0.15, 0.2) is 0 Å². The molecule has 3 fully saturated rings. The molecule has 1 aromatic heterocycles. The number of benzene rings is 1. The van der Waals surface area contributed by atoms with E-state index in [2.05, 4.69) is 20.8 Å². The Kier molecular flexibility index (Phi) is 5.21. The van der Waals surface area contributed by atoms with Crippen molar-refractivity contribution in [2.24, 2.45) is 17.3 Å². The second kappa shape index (κ2) is 7.81. The summed E-state index contributed by atoms with van der Waals surface area (Å²) in [6.07, 6.45) is 4.00. The van der Waals surface area contributed by atoms with E-state index in [-0.39, 0.29) is 24.4 Å². The number of carbonyl (C=O) groups excluding carboxylic acids is 2. The Bertz CT molecular complexity index is 1040. The van der Waals surface area contributed by atoms with Gasteiger partial charge in [-0.25, -0.2) is 4.68 Å². The molecular formula is C22H27ClN6O3. The Morgan fingerprint density at radius 2 is 2.09 bits per heavy atom. The molecule has 10 heteroatoms. The Morgan fingerprint density at radius 3 is 2.78 bits per heavy atom. The molecule has 1 saturated heterocycles. The van der Waals surface area contributed by atoms with Crippen LogP contribution < -0.4 is 5.32 Å². The molecule has 170 valence electrons. The minimum Gasteiger partial charge on any atom is -0.383 e. The summed E-state index contributed by atoms with van der Waals surface area (Å²) in [4.78, 5) is 28.0. The second-order valence-electron chi connectivity index (χ2n) is 9.80. The van der Waals surface area contributed by atoms with Crippen LogP contribution in [0.4, 0.5) is 0 Å². The van der Waals surface area contributed by atoms with Gasteiger partial charge in [-0.3, -0.25) is 9.59 Å². The molecule has 32 heavy (non-hydrogen) atoms. The molecule has 1 unspecified atom stereocenters. The number of nitrogens with one attached hydrogen (secondary N) is 1. The molecule has 2 N–H and O–H groups in total. The lowest BCUT2D eigenvalue weighted by atomic mass is 9.80. The minimum atomic E-state index is -1.09. The van der Waals surface area contributed by atoms with Crippen molar-refractivity contribution in [3.63, 3.8) is 0 Å². The number of fused-ring (bicyclic) bond motifs is 1. The van der Waals surface area contributed by atoms with Gasteiger partial charge in [0.25, 0.3) is 5.91 Å². The second-order valence-corrected chi connectivity index (χ2v) is 10.2. The topological polar surface area (TPSA) is 113 Å². The monoisotopic (exact) mass is 458 g/mol. The number of amides is 2. The Balaban J connectivity index is 1.30. The molecule has 1 aromatic carbocycles. The van der Waals surface area contributed by atoms with Gasteiger partial charge < -0.3 is 15.3 Å². The average Bonchev–Trinajstić information content (AvgIpc) is 3.68. The van der Waals surface area contributed by atoms with Crippen LogP contribution in [-0.2, 0) is 16.1 Å². The Labute approximate surface area is 191 Å². The van der Waals surface area contributed by atoms with Gasteiger partial charge in [0.1, 0.15) is 18.5 Å². The third-order valence-corrected chi connectivity index (χ3v) is 7.56. The summed E-state index contributed by atoms with van der Waals surface area (Å²) in [6, 6.07) is 4.78. The van der Waals surface area contributed by atoms with Crippen molar-refractivity contribution < 1.29 is 14.7 Å². The number of likely N-dealkylation sites (tertiary alicyclic amines) is 1. The lowest BCUT2D eigenvalue weighted by Gasteiger charge is -2.35. The summed E-state index contributed by atoms with van der Waals surface area (Å²) in [5.74, 6) is 0.168. The predicted molar refractivity (Wildman–Crippen MR) is 116 cm³/mol.